The Hall–Kier alpha value is -2.01. The van der Waals surface area contributed by atoms with E-state index < -0.39 is 5.25 Å². The number of carbonyl (C=O) groups is 1. The minimum atomic E-state index is -0.544. The highest BCUT2D eigenvalue weighted by molar-refractivity contribution is 8.00. The summed E-state index contributed by atoms with van der Waals surface area (Å²) in [4.78, 5) is 13.6. The summed E-state index contributed by atoms with van der Waals surface area (Å²) in [5, 5.41) is 3.34. The summed E-state index contributed by atoms with van der Waals surface area (Å²) in [5.74, 6) is -0.591. The highest BCUT2D eigenvalue weighted by Crippen LogP contribution is 2.40. The molecule has 0 saturated carbocycles. The fourth-order valence-corrected chi connectivity index (χ4v) is 3.91. The van der Waals surface area contributed by atoms with Gasteiger partial charge in [0.2, 0.25) is 5.91 Å². The first-order valence-electron chi connectivity index (χ1n) is 7.76. The average Bonchev–Trinajstić information content (AvgIpc) is 2.65. The number of rotatable bonds is 5. The zero-order valence-electron chi connectivity index (χ0n) is 13.5. The van der Waals surface area contributed by atoms with E-state index in [4.69, 9.17) is 23.2 Å². The molecule has 3 aromatic carbocycles. The molecule has 1 atom stereocenters. The van der Waals surface area contributed by atoms with Crippen LogP contribution >= 0.6 is 35.0 Å². The van der Waals surface area contributed by atoms with Crippen LogP contribution in [-0.2, 0) is 4.79 Å². The highest BCUT2D eigenvalue weighted by atomic mass is 35.5. The summed E-state index contributed by atoms with van der Waals surface area (Å²) in [5.41, 5.74) is 1.35. The molecule has 1 amide bonds. The Morgan fingerprint density at radius 2 is 1.65 bits per heavy atom. The molecule has 0 aliphatic heterocycles. The second-order valence-electron chi connectivity index (χ2n) is 5.48. The van der Waals surface area contributed by atoms with E-state index in [2.05, 4.69) is 5.32 Å². The van der Waals surface area contributed by atoms with Crippen molar-refractivity contribution in [2.24, 2.45) is 0 Å². The summed E-state index contributed by atoms with van der Waals surface area (Å²) in [7, 11) is 0. The van der Waals surface area contributed by atoms with E-state index in [0.29, 0.717) is 20.6 Å². The van der Waals surface area contributed by atoms with Crippen LogP contribution in [0.3, 0.4) is 0 Å². The maximum absolute atomic E-state index is 13.1. The fourth-order valence-electron chi connectivity index (χ4n) is 2.34. The molecular formula is C20H14Cl2FNOS. The zero-order chi connectivity index (χ0) is 18.5. The summed E-state index contributed by atoms with van der Waals surface area (Å²) in [6.45, 7) is 0. The normalized spacial score (nSPS) is 11.8. The molecule has 132 valence electrons. The average molecular weight is 406 g/mol. The van der Waals surface area contributed by atoms with Crippen LogP contribution in [0.4, 0.5) is 10.1 Å². The van der Waals surface area contributed by atoms with E-state index >= 15 is 0 Å². The molecule has 0 spiro atoms. The first-order chi connectivity index (χ1) is 12.5. The van der Waals surface area contributed by atoms with Crippen LogP contribution in [0, 0.1) is 5.82 Å². The van der Waals surface area contributed by atoms with Gasteiger partial charge in [0, 0.05) is 15.6 Å². The van der Waals surface area contributed by atoms with Crippen LogP contribution < -0.4 is 5.32 Å². The number of nitrogens with one attached hydrogen (secondary N) is 1. The number of hydrogen-bond donors (Lipinski definition) is 1. The number of carbonyl (C=O) groups excluding carboxylic acids is 1. The molecule has 0 fully saturated rings. The molecule has 0 heterocycles. The smallest absolute Gasteiger partial charge is 0.242 e. The third kappa shape index (κ3) is 4.79. The molecule has 0 aliphatic rings. The lowest BCUT2D eigenvalue weighted by molar-refractivity contribution is -0.115. The first-order valence-corrected chi connectivity index (χ1v) is 9.39. The monoisotopic (exact) mass is 405 g/mol. The van der Waals surface area contributed by atoms with E-state index in [1.807, 2.05) is 30.3 Å². The van der Waals surface area contributed by atoms with Gasteiger partial charge in [-0.25, -0.2) is 4.39 Å². The molecule has 2 nitrogen and oxygen atoms in total. The number of benzene rings is 3. The Morgan fingerprint density at radius 1 is 0.962 bits per heavy atom. The number of hydrogen-bond acceptors (Lipinski definition) is 2. The first kappa shape index (κ1) is 18.8. The highest BCUT2D eigenvalue weighted by Gasteiger charge is 2.23. The van der Waals surface area contributed by atoms with Crippen molar-refractivity contribution in [2.75, 3.05) is 5.32 Å². The van der Waals surface area contributed by atoms with E-state index in [1.165, 1.54) is 36.0 Å². The van der Waals surface area contributed by atoms with E-state index in [9.17, 15) is 9.18 Å². The van der Waals surface area contributed by atoms with Gasteiger partial charge in [-0.15, -0.1) is 11.8 Å². The Kier molecular flexibility index (Phi) is 6.20. The molecule has 3 rings (SSSR count). The molecule has 0 saturated heterocycles. The Labute approximate surface area is 165 Å². The third-order valence-corrected chi connectivity index (χ3v) is 5.58. The lowest BCUT2D eigenvalue weighted by Gasteiger charge is -2.18. The third-order valence-electron chi connectivity index (χ3n) is 3.59. The van der Waals surface area contributed by atoms with Gasteiger partial charge in [-0.3, -0.25) is 4.79 Å². The quantitative estimate of drug-likeness (QED) is 0.484. The minimum absolute atomic E-state index is 0.233. The van der Waals surface area contributed by atoms with Gasteiger partial charge >= 0.3 is 0 Å². The summed E-state index contributed by atoms with van der Waals surface area (Å²) >= 11 is 13.6. The molecule has 0 unspecified atom stereocenters. The van der Waals surface area contributed by atoms with Gasteiger partial charge in [0.15, 0.2) is 0 Å². The lowest BCUT2D eigenvalue weighted by Crippen LogP contribution is -2.19. The molecular weight excluding hydrogens is 392 g/mol. The van der Waals surface area contributed by atoms with Gasteiger partial charge in [0.1, 0.15) is 11.1 Å². The number of amides is 1. The van der Waals surface area contributed by atoms with E-state index in [0.717, 1.165) is 5.56 Å². The zero-order valence-corrected chi connectivity index (χ0v) is 15.8. The van der Waals surface area contributed by atoms with Crippen molar-refractivity contribution in [3.63, 3.8) is 0 Å². The molecule has 3 aromatic rings. The topological polar surface area (TPSA) is 29.1 Å². The van der Waals surface area contributed by atoms with Gasteiger partial charge in [0.25, 0.3) is 0 Å². The molecule has 0 radical (unpaired) electrons. The fraction of sp³-hybridized carbons (Fsp3) is 0.0500. The van der Waals surface area contributed by atoms with Crippen molar-refractivity contribution in [3.05, 3.63) is 94.2 Å². The Balaban J connectivity index is 1.89. The standard InChI is InChI=1S/C20H14Cl2FNOS/c21-14-6-11-17(22)18(12-14)26-19(13-4-2-1-3-5-13)20(25)24-16-9-7-15(23)8-10-16/h1-12,19H,(H,24,25)/t19-/m0/s1. The van der Waals surface area contributed by atoms with Gasteiger partial charge in [-0.1, -0.05) is 53.5 Å². The van der Waals surface area contributed by atoms with Crippen LogP contribution in [-0.4, -0.2) is 5.91 Å². The maximum Gasteiger partial charge on any atom is 0.242 e. The van der Waals surface area contributed by atoms with Crippen molar-refractivity contribution in [1.29, 1.82) is 0 Å². The number of thioether (sulfide) groups is 1. The largest absolute Gasteiger partial charge is 0.325 e. The van der Waals surface area contributed by atoms with Crippen LogP contribution in [0.2, 0.25) is 10.0 Å². The molecule has 6 heteroatoms. The predicted octanol–water partition coefficient (Wildman–Crippen LogP) is 6.60. The van der Waals surface area contributed by atoms with Crippen molar-refractivity contribution in [3.8, 4) is 0 Å². The van der Waals surface area contributed by atoms with Crippen molar-refractivity contribution in [2.45, 2.75) is 10.1 Å². The van der Waals surface area contributed by atoms with E-state index in [1.54, 1.807) is 18.2 Å². The minimum Gasteiger partial charge on any atom is -0.325 e. The van der Waals surface area contributed by atoms with Crippen molar-refractivity contribution >= 4 is 46.6 Å². The van der Waals surface area contributed by atoms with Crippen molar-refractivity contribution in [1.82, 2.24) is 0 Å². The van der Waals surface area contributed by atoms with Crippen LogP contribution in [0.5, 0.6) is 0 Å². The second kappa shape index (κ2) is 8.58. The van der Waals surface area contributed by atoms with Gasteiger partial charge in [0.05, 0.1) is 5.02 Å². The molecule has 0 bridgehead atoms. The van der Waals surface area contributed by atoms with Crippen molar-refractivity contribution < 1.29 is 9.18 Å². The summed E-state index contributed by atoms with van der Waals surface area (Å²) in [6, 6.07) is 20.1. The lowest BCUT2D eigenvalue weighted by atomic mass is 10.1. The molecule has 0 aliphatic carbocycles. The van der Waals surface area contributed by atoms with Crippen LogP contribution in [0.1, 0.15) is 10.8 Å². The van der Waals surface area contributed by atoms with E-state index in [-0.39, 0.29) is 11.7 Å². The molecule has 1 N–H and O–H groups in total. The van der Waals surface area contributed by atoms with Gasteiger partial charge in [-0.2, -0.15) is 0 Å². The Bertz CT molecular complexity index is 903. The Morgan fingerprint density at radius 3 is 2.35 bits per heavy atom. The molecule has 0 aromatic heterocycles. The SMILES string of the molecule is O=C(Nc1ccc(F)cc1)[C@@H](Sc1cc(Cl)ccc1Cl)c1ccccc1. The number of anilines is 1. The maximum atomic E-state index is 13.1. The van der Waals surface area contributed by atoms with Gasteiger partial charge in [-0.05, 0) is 48.0 Å². The van der Waals surface area contributed by atoms with Gasteiger partial charge < -0.3 is 5.32 Å². The van der Waals surface area contributed by atoms with Crippen LogP contribution in [0.25, 0.3) is 0 Å². The summed E-state index contributed by atoms with van der Waals surface area (Å²) < 4.78 is 13.1. The number of halogens is 3. The molecule has 26 heavy (non-hydrogen) atoms. The predicted molar refractivity (Wildman–Crippen MR) is 107 cm³/mol. The second-order valence-corrected chi connectivity index (χ2v) is 7.47. The summed E-state index contributed by atoms with van der Waals surface area (Å²) in [6.07, 6.45) is 0. The van der Waals surface area contributed by atoms with Crippen LogP contribution in [0.15, 0.2) is 77.7 Å².